The Morgan fingerprint density at radius 3 is 2.63 bits per heavy atom. The molecule has 27 heavy (non-hydrogen) atoms. The predicted octanol–water partition coefficient (Wildman–Crippen LogP) is 3.43. The molecule has 5 rings (SSSR count). The van der Waals surface area contributed by atoms with Crippen molar-refractivity contribution in [2.75, 3.05) is 13.1 Å². The van der Waals surface area contributed by atoms with Crippen LogP contribution in [0.3, 0.4) is 0 Å². The van der Waals surface area contributed by atoms with Crippen molar-refractivity contribution in [1.29, 1.82) is 0 Å². The molecule has 0 bridgehead atoms. The third-order valence-electron chi connectivity index (χ3n) is 5.34. The molecule has 3 aromatic rings. The summed E-state index contributed by atoms with van der Waals surface area (Å²) in [5.74, 6) is 1.13. The number of hydrogen-bond donors (Lipinski definition) is 2. The Balaban J connectivity index is 0.000000153. The summed E-state index contributed by atoms with van der Waals surface area (Å²) in [6.07, 6.45) is 9.45. The lowest BCUT2D eigenvalue weighted by molar-refractivity contribution is 0.488. The van der Waals surface area contributed by atoms with Crippen molar-refractivity contribution in [2.24, 2.45) is 0 Å². The summed E-state index contributed by atoms with van der Waals surface area (Å²) in [4.78, 5) is 9.01. The number of benzene rings is 1. The van der Waals surface area contributed by atoms with Crippen LogP contribution in [0.4, 0.5) is 0 Å². The van der Waals surface area contributed by atoms with Gasteiger partial charge in [0.1, 0.15) is 5.82 Å². The summed E-state index contributed by atoms with van der Waals surface area (Å²) in [5, 5.41) is 6.95. The van der Waals surface area contributed by atoms with Gasteiger partial charge in [-0.3, -0.25) is 10.3 Å². The number of para-hydroxylation sites is 2. The van der Waals surface area contributed by atoms with Crippen LogP contribution >= 0.6 is 0 Å². The maximum Gasteiger partial charge on any atom is 0.124 e. The van der Waals surface area contributed by atoms with Gasteiger partial charge in [-0.2, -0.15) is 0 Å². The molecule has 0 saturated heterocycles. The topological polar surface area (TPSA) is 54.8 Å². The van der Waals surface area contributed by atoms with Crippen molar-refractivity contribution < 1.29 is 0 Å². The molecule has 0 unspecified atom stereocenters. The summed E-state index contributed by atoms with van der Waals surface area (Å²) in [6, 6.07) is 12.6. The monoisotopic (exact) mass is 363 g/mol. The third kappa shape index (κ3) is 4.54. The first-order valence-electron chi connectivity index (χ1n) is 10.2. The maximum absolute atomic E-state index is 4.69. The number of aryl methyl sites for hydroxylation is 2. The molecule has 1 aliphatic carbocycles. The molecule has 5 nitrogen and oxygen atoms in total. The molecule has 1 aromatic carbocycles. The summed E-state index contributed by atoms with van der Waals surface area (Å²) in [7, 11) is 0. The van der Waals surface area contributed by atoms with Gasteiger partial charge in [0.25, 0.3) is 0 Å². The van der Waals surface area contributed by atoms with E-state index < -0.39 is 0 Å². The van der Waals surface area contributed by atoms with Gasteiger partial charge in [-0.1, -0.05) is 18.2 Å². The van der Waals surface area contributed by atoms with Gasteiger partial charge in [-0.05, 0) is 75.4 Å². The van der Waals surface area contributed by atoms with Crippen LogP contribution in [-0.2, 0) is 26.1 Å². The number of pyridine rings is 1. The van der Waals surface area contributed by atoms with Gasteiger partial charge >= 0.3 is 0 Å². The van der Waals surface area contributed by atoms with Crippen LogP contribution in [0, 0.1) is 0 Å². The number of imidazole rings is 1. The van der Waals surface area contributed by atoms with Crippen LogP contribution in [0.5, 0.6) is 0 Å². The first-order chi connectivity index (χ1) is 13.4. The molecule has 0 spiro atoms. The van der Waals surface area contributed by atoms with Gasteiger partial charge in [0.15, 0.2) is 0 Å². The number of nitrogens with one attached hydrogen (secondary N) is 2. The molecule has 0 saturated carbocycles. The Kier molecular flexibility index (Phi) is 6.12. The van der Waals surface area contributed by atoms with E-state index in [9.17, 15) is 0 Å². The smallest absolute Gasteiger partial charge is 0.124 e. The molecule has 3 heterocycles. The Morgan fingerprint density at radius 2 is 1.70 bits per heavy atom. The second kappa shape index (κ2) is 9.11. The van der Waals surface area contributed by atoms with Crippen molar-refractivity contribution in [2.45, 2.75) is 51.7 Å². The minimum atomic E-state index is 0.857. The van der Waals surface area contributed by atoms with Crippen LogP contribution in [0.15, 0.2) is 42.6 Å². The first kappa shape index (κ1) is 18.1. The lowest BCUT2D eigenvalue weighted by Crippen LogP contribution is -2.26. The predicted molar refractivity (Wildman–Crippen MR) is 110 cm³/mol. The minimum Gasteiger partial charge on any atom is -0.313 e. The SMILES string of the molecule is c1ccc2c(c1)nc1n2CNCCCCNC1.c1cnc2c(c1)CCCC2. The zero-order valence-corrected chi connectivity index (χ0v) is 16.0. The van der Waals surface area contributed by atoms with Crippen LogP contribution in [0.1, 0.15) is 42.8 Å². The van der Waals surface area contributed by atoms with E-state index in [1.807, 2.05) is 18.3 Å². The summed E-state index contributed by atoms with van der Waals surface area (Å²) in [6.45, 7) is 3.87. The second-order valence-corrected chi connectivity index (χ2v) is 7.30. The Labute approximate surface area is 161 Å². The van der Waals surface area contributed by atoms with E-state index in [0.29, 0.717) is 0 Å². The van der Waals surface area contributed by atoms with Crippen LogP contribution in [0.2, 0.25) is 0 Å². The fraction of sp³-hybridized carbons (Fsp3) is 0.455. The number of aromatic nitrogens is 3. The fourth-order valence-electron chi connectivity index (χ4n) is 3.86. The molecule has 1 aliphatic heterocycles. The quantitative estimate of drug-likeness (QED) is 0.642. The first-order valence-corrected chi connectivity index (χ1v) is 10.2. The lowest BCUT2D eigenvalue weighted by Gasteiger charge is -2.13. The lowest BCUT2D eigenvalue weighted by atomic mass is 9.96. The van der Waals surface area contributed by atoms with Gasteiger partial charge in [-0.25, -0.2) is 4.98 Å². The molecule has 5 heteroatoms. The summed E-state index contributed by atoms with van der Waals surface area (Å²) < 4.78 is 2.27. The number of fused-ring (bicyclic) bond motifs is 4. The molecular formula is C22H29N5. The van der Waals surface area contributed by atoms with Crippen molar-refractivity contribution >= 4 is 11.0 Å². The van der Waals surface area contributed by atoms with E-state index in [1.54, 1.807) is 0 Å². The minimum absolute atomic E-state index is 0.857. The van der Waals surface area contributed by atoms with Crippen molar-refractivity contribution in [1.82, 2.24) is 25.2 Å². The highest BCUT2D eigenvalue weighted by molar-refractivity contribution is 5.75. The highest BCUT2D eigenvalue weighted by Crippen LogP contribution is 2.18. The van der Waals surface area contributed by atoms with Crippen LogP contribution < -0.4 is 10.6 Å². The average molecular weight is 364 g/mol. The maximum atomic E-state index is 4.69. The molecular weight excluding hydrogens is 334 g/mol. The zero-order chi connectivity index (χ0) is 18.3. The van der Waals surface area contributed by atoms with E-state index in [0.717, 1.165) is 37.6 Å². The normalized spacial score (nSPS) is 17.3. The van der Waals surface area contributed by atoms with Crippen LogP contribution in [-0.4, -0.2) is 27.6 Å². The van der Waals surface area contributed by atoms with E-state index in [2.05, 4.69) is 49.4 Å². The van der Waals surface area contributed by atoms with E-state index in [-0.39, 0.29) is 0 Å². The molecule has 2 N–H and O–H groups in total. The van der Waals surface area contributed by atoms with E-state index in [4.69, 9.17) is 0 Å². The van der Waals surface area contributed by atoms with Crippen molar-refractivity contribution in [3.05, 3.63) is 59.7 Å². The van der Waals surface area contributed by atoms with Gasteiger partial charge in [0.2, 0.25) is 0 Å². The van der Waals surface area contributed by atoms with Gasteiger partial charge in [-0.15, -0.1) is 0 Å². The average Bonchev–Trinajstić information content (AvgIpc) is 3.09. The molecule has 142 valence electrons. The fourth-order valence-corrected chi connectivity index (χ4v) is 3.86. The van der Waals surface area contributed by atoms with Gasteiger partial charge in [0.05, 0.1) is 24.2 Å². The van der Waals surface area contributed by atoms with Crippen molar-refractivity contribution in [3.8, 4) is 0 Å². The molecule has 0 fully saturated rings. The highest BCUT2D eigenvalue weighted by atomic mass is 15.2. The Bertz CT molecular complexity index is 845. The molecule has 2 aliphatic rings. The summed E-state index contributed by atoms with van der Waals surface area (Å²) >= 11 is 0. The molecule has 0 amide bonds. The van der Waals surface area contributed by atoms with E-state index >= 15 is 0 Å². The second-order valence-electron chi connectivity index (χ2n) is 7.30. The third-order valence-corrected chi connectivity index (χ3v) is 5.34. The largest absolute Gasteiger partial charge is 0.313 e. The Morgan fingerprint density at radius 1 is 0.852 bits per heavy atom. The van der Waals surface area contributed by atoms with Crippen molar-refractivity contribution in [3.63, 3.8) is 0 Å². The Hall–Kier alpha value is -2.24. The zero-order valence-electron chi connectivity index (χ0n) is 16.0. The molecule has 0 atom stereocenters. The van der Waals surface area contributed by atoms with Crippen LogP contribution in [0.25, 0.3) is 11.0 Å². The van der Waals surface area contributed by atoms with Gasteiger partial charge in [0, 0.05) is 11.9 Å². The summed E-state index contributed by atoms with van der Waals surface area (Å²) in [5.41, 5.74) is 5.10. The van der Waals surface area contributed by atoms with E-state index in [1.165, 1.54) is 55.3 Å². The number of nitrogens with zero attached hydrogens (tertiary/aromatic N) is 3. The van der Waals surface area contributed by atoms with Gasteiger partial charge < -0.3 is 9.88 Å². The highest BCUT2D eigenvalue weighted by Gasteiger charge is 2.10. The standard InChI is InChI=1S/C13H18N4.C9H11N/c1-2-6-12-11(5-1)16-13-9-14-7-3-4-8-15-10-17(12)13;1-2-6-9-8(4-1)5-3-7-10-9/h1-2,5-6,14-15H,3-4,7-10H2;3,5,7H,1-2,4,6H2. The number of rotatable bonds is 0. The molecule has 2 aromatic heterocycles. The molecule has 0 radical (unpaired) electrons. The number of hydrogen-bond acceptors (Lipinski definition) is 4.